The molecule has 2 N–H and O–H groups in total. The Hall–Kier alpha value is -1.55. The lowest BCUT2D eigenvalue weighted by Gasteiger charge is -2.23. The SMILES string of the molecule is CN=C(NCCCn1nc(C)cc1C)NCC(c1ccco1)N(C)C.I. The second kappa shape index (κ2) is 11.2. The van der Waals surface area contributed by atoms with E-state index in [1.54, 1.807) is 13.3 Å². The second-order valence-electron chi connectivity index (χ2n) is 6.38. The van der Waals surface area contributed by atoms with Gasteiger partial charge in [0.25, 0.3) is 0 Å². The van der Waals surface area contributed by atoms with Crippen molar-refractivity contribution in [1.82, 2.24) is 25.3 Å². The van der Waals surface area contributed by atoms with Gasteiger partial charge in [-0.15, -0.1) is 24.0 Å². The highest BCUT2D eigenvalue weighted by molar-refractivity contribution is 14.0. The van der Waals surface area contributed by atoms with Crippen molar-refractivity contribution >= 4 is 29.9 Å². The zero-order valence-electron chi connectivity index (χ0n) is 16.3. The summed E-state index contributed by atoms with van der Waals surface area (Å²) in [6.45, 7) is 6.57. The Bertz CT molecular complexity index is 665. The molecule has 0 aromatic carbocycles. The highest BCUT2D eigenvalue weighted by Crippen LogP contribution is 2.17. The molecule has 0 aliphatic rings. The van der Waals surface area contributed by atoms with E-state index in [-0.39, 0.29) is 30.0 Å². The van der Waals surface area contributed by atoms with Gasteiger partial charge in [0.05, 0.1) is 18.0 Å². The minimum Gasteiger partial charge on any atom is -0.468 e. The molecule has 146 valence electrons. The van der Waals surface area contributed by atoms with Crippen molar-refractivity contribution in [3.05, 3.63) is 41.6 Å². The third kappa shape index (κ3) is 6.64. The summed E-state index contributed by atoms with van der Waals surface area (Å²) in [6.07, 6.45) is 2.69. The average molecular weight is 474 g/mol. The molecule has 0 spiro atoms. The molecule has 0 aliphatic heterocycles. The number of furan rings is 1. The summed E-state index contributed by atoms with van der Waals surface area (Å²) in [5.41, 5.74) is 2.27. The van der Waals surface area contributed by atoms with E-state index in [0.29, 0.717) is 0 Å². The Labute approximate surface area is 173 Å². The summed E-state index contributed by atoms with van der Waals surface area (Å²) in [7, 11) is 5.87. The number of hydrogen-bond acceptors (Lipinski definition) is 4. The number of nitrogens with zero attached hydrogens (tertiary/aromatic N) is 4. The van der Waals surface area contributed by atoms with Crippen LogP contribution < -0.4 is 10.6 Å². The first-order valence-electron chi connectivity index (χ1n) is 8.66. The normalized spacial score (nSPS) is 12.8. The standard InChI is InChI=1S/C18H30N6O.HI/c1-14-12-15(2)24(22-14)10-7-9-20-18(19-3)21-13-16(23(4)5)17-8-6-11-25-17;/h6,8,11-12,16H,7,9-10,13H2,1-5H3,(H2,19,20,21);1H. The van der Waals surface area contributed by atoms with Gasteiger partial charge < -0.3 is 15.1 Å². The third-order valence-corrected chi connectivity index (χ3v) is 4.12. The number of rotatable bonds is 8. The number of nitrogens with one attached hydrogen (secondary N) is 2. The average Bonchev–Trinajstić information content (AvgIpc) is 3.19. The molecular weight excluding hydrogens is 443 g/mol. The number of aryl methyl sites for hydroxylation is 3. The molecular formula is C18H31IN6O. The second-order valence-corrected chi connectivity index (χ2v) is 6.38. The Kier molecular flexibility index (Phi) is 9.71. The van der Waals surface area contributed by atoms with Crippen LogP contribution in [0.2, 0.25) is 0 Å². The molecule has 1 atom stereocenters. The molecule has 26 heavy (non-hydrogen) atoms. The van der Waals surface area contributed by atoms with Crippen LogP contribution in [0, 0.1) is 13.8 Å². The van der Waals surface area contributed by atoms with Crippen LogP contribution in [0.1, 0.15) is 29.6 Å². The minimum atomic E-state index is 0. The molecule has 0 aliphatic carbocycles. The topological polar surface area (TPSA) is 70.6 Å². The molecule has 2 heterocycles. The predicted octanol–water partition coefficient (Wildman–Crippen LogP) is 2.57. The van der Waals surface area contributed by atoms with Crippen molar-refractivity contribution in [3.63, 3.8) is 0 Å². The number of likely N-dealkylation sites (N-methyl/N-ethyl adjacent to an activating group) is 1. The van der Waals surface area contributed by atoms with Crippen molar-refractivity contribution in [2.24, 2.45) is 4.99 Å². The van der Waals surface area contributed by atoms with Gasteiger partial charge in [0.2, 0.25) is 0 Å². The number of aliphatic imine (C=N–C) groups is 1. The van der Waals surface area contributed by atoms with Crippen LogP contribution in [0.25, 0.3) is 0 Å². The van der Waals surface area contributed by atoms with Gasteiger partial charge in [-0.25, -0.2) is 0 Å². The quantitative estimate of drug-likeness (QED) is 0.267. The first kappa shape index (κ1) is 22.5. The molecule has 1 unspecified atom stereocenters. The van der Waals surface area contributed by atoms with E-state index in [1.165, 1.54) is 5.69 Å². The lowest BCUT2D eigenvalue weighted by atomic mass is 10.2. The third-order valence-electron chi connectivity index (χ3n) is 4.12. The van der Waals surface area contributed by atoms with Crippen molar-refractivity contribution in [1.29, 1.82) is 0 Å². The summed E-state index contributed by atoms with van der Waals surface area (Å²) < 4.78 is 7.58. The van der Waals surface area contributed by atoms with Gasteiger partial charge in [-0.3, -0.25) is 14.6 Å². The van der Waals surface area contributed by atoms with Gasteiger partial charge in [-0.1, -0.05) is 0 Å². The summed E-state index contributed by atoms with van der Waals surface area (Å²) in [5.74, 6) is 1.74. The van der Waals surface area contributed by atoms with Crippen LogP contribution in [-0.2, 0) is 6.54 Å². The minimum absolute atomic E-state index is 0. The van der Waals surface area contributed by atoms with E-state index < -0.39 is 0 Å². The zero-order chi connectivity index (χ0) is 18.2. The summed E-state index contributed by atoms with van der Waals surface area (Å²) in [4.78, 5) is 6.42. The maximum atomic E-state index is 5.53. The molecule has 0 amide bonds. The Balaban J connectivity index is 0.00000338. The highest BCUT2D eigenvalue weighted by atomic mass is 127. The predicted molar refractivity (Wildman–Crippen MR) is 116 cm³/mol. The first-order valence-corrected chi connectivity index (χ1v) is 8.66. The zero-order valence-corrected chi connectivity index (χ0v) is 18.7. The number of halogens is 1. The molecule has 0 fully saturated rings. The fourth-order valence-corrected chi connectivity index (χ4v) is 2.77. The highest BCUT2D eigenvalue weighted by Gasteiger charge is 2.17. The lowest BCUT2D eigenvalue weighted by molar-refractivity contribution is 0.258. The van der Waals surface area contributed by atoms with E-state index in [1.807, 2.05) is 37.8 Å². The van der Waals surface area contributed by atoms with Crippen molar-refractivity contribution in [3.8, 4) is 0 Å². The molecule has 7 nitrogen and oxygen atoms in total. The monoisotopic (exact) mass is 474 g/mol. The van der Waals surface area contributed by atoms with Crippen LogP contribution in [0.4, 0.5) is 0 Å². The van der Waals surface area contributed by atoms with E-state index >= 15 is 0 Å². The van der Waals surface area contributed by atoms with E-state index in [0.717, 1.165) is 43.5 Å². The van der Waals surface area contributed by atoms with Gasteiger partial charge in [-0.05, 0) is 52.6 Å². The van der Waals surface area contributed by atoms with Crippen LogP contribution >= 0.6 is 24.0 Å². The Morgan fingerprint density at radius 3 is 2.65 bits per heavy atom. The fraction of sp³-hybridized carbons (Fsp3) is 0.556. The maximum absolute atomic E-state index is 5.53. The van der Waals surface area contributed by atoms with Gasteiger partial charge in [-0.2, -0.15) is 5.10 Å². The molecule has 0 saturated carbocycles. The van der Waals surface area contributed by atoms with E-state index in [9.17, 15) is 0 Å². The molecule has 2 aromatic heterocycles. The van der Waals surface area contributed by atoms with Crippen molar-refractivity contribution < 1.29 is 4.42 Å². The van der Waals surface area contributed by atoms with E-state index in [2.05, 4.69) is 38.6 Å². The Morgan fingerprint density at radius 2 is 2.12 bits per heavy atom. The molecule has 0 radical (unpaired) electrons. The van der Waals surface area contributed by atoms with Gasteiger partial charge in [0.1, 0.15) is 5.76 Å². The van der Waals surface area contributed by atoms with Crippen molar-refractivity contribution in [2.45, 2.75) is 32.9 Å². The Morgan fingerprint density at radius 1 is 1.35 bits per heavy atom. The molecule has 8 heteroatoms. The number of aromatic nitrogens is 2. The van der Waals surface area contributed by atoms with Crippen LogP contribution in [0.15, 0.2) is 33.9 Å². The largest absolute Gasteiger partial charge is 0.468 e. The summed E-state index contributed by atoms with van der Waals surface area (Å²) >= 11 is 0. The van der Waals surface area contributed by atoms with Crippen LogP contribution in [0.5, 0.6) is 0 Å². The number of hydrogen-bond donors (Lipinski definition) is 2. The lowest BCUT2D eigenvalue weighted by Crippen LogP contribution is -2.42. The fourth-order valence-electron chi connectivity index (χ4n) is 2.77. The smallest absolute Gasteiger partial charge is 0.191 e. The van der Waals surface area contributed by atoms with Crippen LogP contribution in [0.3, 0.4) is 0 Å². The maximum Gasteiger partial charge on any atom is 0.191 e. The number of guanidine groups is 1. The molecule has 2 rings (SSSR count). The van der Waals surface area contributed by atoms with Gasteiger partial charge >= 0.3 is 0 Å². The molecule has 2 aromatic rings. The van der Waals surface area contributed by atoms with E-state index in [4.69, 9.17) is 4.42 Å². The van der Waals surface area contributed by atoms with Gasteiger partial charge in [0, 0.05) is 32.4 Å². The first-order chi connectivity index (χ1) is 12.0. The van der Waals surface area contributed by atoms with Crippen LogP contribution in [-0.4, -0.2) is 54.9 Å². The molecule has 0 bridgehead atoms. The van der Waals surface area contributed by atoms with Gasteiger partial charge in [0.15, 0.2) is 5.96 Å². The summed E-state index contributed by atoms with van der Waals surface area (Å²) in [5, 5.41) is 11.2. The summed E-state index contributed by atoms with van der Waals surface area (Å²) in [6, 6.07) is 6.17. The molecule has 0 saturated heterocycles. The van der Waals surface area contributed by atoms with Crippen molar-refractivity contribution in [2.75, 3.05) is 34.2 Å².